The molecule has 0 unspecified atom stereocenters. The Kier molecular flexibility index (Phi) is 2.11. The van der Waals surface area contributed by atoms with Crippen molar-refractivity contribution >= 4 is 11.7 Å². The summed E-state index contributed by atoms with van der Waals surface area (Å²) in [5.41, 5.74) is 5.15. The third-order valence-corrected chi connectivity index (χ3v) is 2.03. The zero-order valence-electron chi connectivity index (χ0n) is 7.82. The maximum absolute atomic E-state index is 12.2. The van der Waals surface area contributed by atoms with Gasteiger partial charge in [0.1, 0.15) is 0 Å². The Morgan fingerprint density at radius 3 is 2.44 bits per heavy atom. The number of hydrogen-bond donors (Lipinski definition) is 1. The van der Waals surface area contributed by atoms with Crippen LogP contribution in [0.2, 0.25) is 0 Å². The Morgan fingerprint density at radius 1 is 1.31 bits per heavy atom. The van der Waals surface area contributed by atoms with Gasteiger partial charge >= 0.3 is 6.30 Å². The highest BCUT2D eigenvalue weighted by Gasteiger charge is 2.49. The maximum Gasteiger partial charge on any atom is 0.506 e. The van der Waals surface area contributed by atoms with Crippen molar-refractivity contribution in [3.63, 3.8) is 0 Å². The number of amidine groups is 1. The van der Waals surface area contributed by atoms with Gasteiger partial charge in [-0.05, 0) is 6.07 Å². The average molecular weight is 229 g/mol. The third kappa shape index (κ3) is 1.71. The molecule has 0 atom stereocenters. The molecule has 0 bridgehead atoms. The van der Waals surface area contributed by atoms with Crippen LogP contribution >= 0.6 is 0 Å². The monoisotopic (exact) mass is 229 g/mol. The Morgan fingerprint density at radius 2 is 1.94 bits per heavy atom. The minimum absolute atomic E-state index is 0.0213. The van der Waals surface area contributed by atoms with Gasteiger partial charge in [0, 0.05) is 5.56 Å². The zero-order valence-corrected chi connectivity index (χ0v) is 7.82. The van der Waals surface area contributed by atoms with Gasteiger partial charge in [-0.2, -0.15) is 0 Å². The number of primary amides is 1. The molecule has 0 aromatic heterocycles. The molecule has 0 aliphatic carbocycles. The van der Waals surface area contributed by atoms with E-state index in [1.807, 2.05) is 0 Å². The number of hydrogen-bond acceptors (Lipinski definition) is 3. The minimum atomic E-state index is -4.56. The summed E-state index contributed by atoms with van der Waals surface area (Å²) in [5.74, 6) is -1.07. The molecular weight excluding hydrogens is 223 g/mol. The lowest BCUT2D eigenvalue weighted by Gasteiger charge is -2.07. The van der Waals surface area contributed by atoms with Gasteiger partial charge in [-0.25, -0.2) is 0 Å². The first-order valence-corrected chi connectivity index (χ1v) is 4.26. The smallest absolute Gasteiger partial charge is 0.366 e. The molecule has 1 aromatic carbocycles. The summed E-state index contributed by atoms with van der Waals surface area (Å²) >= 11 is 0. The van der Waals surface area contributed by atoms with Gasteiger partial charge in [-0.1, -0.05) is 18.2 Å². The number of nitrogens with zero attached hydrogens (tertiary/aromatic N) is 2. The number of rotatable bonds is 2. The van der Waals surface area contributed by atoms with Crippen molar-refractivity contribution in [3.8, 4) is 0 Å². The number of benzene rings is 1. The van der Waals surface area contributed by atoms with Gasteiger partial charge in [-0.3, -0.25) is 4.79 Å². The summed E-state index contributed by atoms with van der Waals surface area (Å²) in [7, 11) is 0. The number of nitrogens with two attached hydrogens (primary N) is 1. The predicted molar refractivity (Wildman–Crippen MR) is 49.4 cm³/mol. The van der Waals surface area contributed by atoms with E-state index in [9.17, 15) is 18.0 Å². The van der Waals surface area contributed by atoms with Crippen LogP contribution in [-0.4, -0.2) is 23.1 Å². The Balaban J connectivity index is 2.31. The summed E-state index contributed by atoms with van der Waals surface area (Å²) in [6.07, 6.45) is -4.56. The second kappa shape index (κ2) is 3.22. The van der Waals surface area contributed by atoms with Gasteiger partial charge in [0.2, 0.25) is 5.91 Å². The average Bonchev–Trinajstić information content (AvgIpc) is 2.96. The van der Waals surface area contributed by atoms with E-state index in [4.69, 9.17) is 5.73 Å². The van der Waals surface area contributed by atoms with Crippen LogP contribution in [0.5, 0.6) is 0 Å². The lowest BCUT2D eigenvalue weighted by molar-refractivity contribution is -0.201. The first-order valence-electron chi connectivity index (χ1n) is 4.26. The molecule has 1 aliphatic rings. The van der Waals surface area contributed by atoms with Crippen LogP contribution in [0.1, 0.15) is 15.9 Å². The van der Waals surface area contributed by atoms with E-state index >= 15 is 0 Å². The van der Waals surface area contributed by atoms with Gasteiger partial charge < -0.3 is 5.73 Å². The van der Waals surface area contributed by atoms with Crippen LogP contribution in [0.3, 0.4) is 0 Å². The fourth-order valence-electron chi connectivity index (χ4n) is 1.31. The molecule has 1 aliphatic heterocycles. The van der Waals surface area contributed by atoms with Gasteiger partial charge in [0.25, 0.3) is 0 Å². The second-order valence-corrected chi connectivity index (χ2v) is 3.11. The Labute approximate surface area is 88.1 Å². The van der Waals surface area contributed by atoms with E-state index < -0.39 is 12.2 Å². The Hall–Kier alpha value is -2.05. The Bertz CT molecular complexity index is 481. The van der Waals surface area contributed by atoms with E-state index in [-0.39, 0.29) is 22.0 Å². The van der Waals surface area contributed by atoms with Gasteiger partial charge in [0.15, 0.2) is 5.84 Å². The quantitative estimate of drug-likeness (QED) is 0.776. The van der Waals surface area contributed by atoms with Crippen molar-refractivity contribution in [2.45, 2.75) is 6.30 Å². The molecule has 84 valence electrons. The summed E-state index contributed by atoms with van der Waals surface area (Å²) in [6, 6.07) is 5.75. The number of alkyl halides is 3. The summed E-state index contributed by atoms with van der Waals surface area (Å²) in [4.78, 5) is 11.0. The molecule has 0 saturated carbocycles. The van der Waals surface area contributed by atoms with Crippen LogP contribution in [0.25, 0.3) is 0 Å². The highest BCUT2D eigenvalue weighted by Crippen LogP contribution is 2.33. The van der Waals surface area contributed by atoms with Crippen LogP contribution in [0, 0.1) is 0 Å². The normalized spacial score (nSPS) is 14.7. The fraction of sp³-hybridized carbons (Fsp3) is 0.111. The summed E-state index contributed by atoms with van der Waals surface area (Å²) in [6.45, 7) is 0. The largest absolute Gasteiger partial charge is 0.506 e. The molecule has 1 amide bonds. The molecule has 1 heterocycles. The first-order chi connectivity index (χ1) is 7.41. The molecule has 4 nitrogen and oxygen atoms in total. The zero-order chi connectivity index (χ0) is 11.9. The lowest BCUT2D eigenvalue weighted by atomic mass is 10.1. The van der Waals surface area contributed by atoms with E-state index in [2.05, 4.69) is 5.10 Å². The molecule has 0 saturated heterocycles. The SMILES string of the molecule is NC(=O)c1ccccc1C1=NN1C(F)(F)F. The molecule has 0 radical (unpaired) electrons. The minimum Gasteiger partial charge on any atom is -0.366 e. The predicted octanol–water partition coefficient (Wildman–Crippen LogP) is 1.28. The van der Waals surface area contributed by atoms with E-state index in [0.717, 1.165) is 0 Å². The third-order valence-electron chi connectivity index (χ3n) is 2.03. The number of amides is 1. The summed E-state index contributed by atoms with van der Waals surface area (Å²) in [5, 5.41) is 3.05. The van der Waals surface area contributed by atoms with Gasteiger partial charge in [0.05, 0.1) is 5.56 Å². The molecule has 1 aromatic rings. The highest BCUT2D eigenvalue weighted by atomic mass is 19.4. The van der Waals surface area contributed by atoms with Crippen molar-refractivity contribution in [2.75, 3.05) is 0 Å². The first kappa shape index (κ1) is 10.5. The number of carbonyl (C=O) groups excluding carboxylic acids is 1. The molecule has 16 heavy (non-hydrogen) atoms. The van der Waals surface area contributed by atoms with Crippen molar-refractivity contribution in [2.24, 2.45) is 10.8 Å². The van der Waals surface area contributed by atoms with Crippen LogP contribution in [0.4, 0.5) is 13.2 Å². The number of halogens is 3. The second-order valence-electron chi connectivity index (χ2n) is 3.11. The molecule has 7 heteroatoms. The molecule has 0 spiro atoms. The van der Waals surface area contributed by atoms with Crippen molar-refractivity contribution in [1.29, 1.82) is 0 Å². The van der Waals surface area contributed by atoms with Gasteiger partial charge in [-0.15, -0.1) is 23.3 Å². The van der Waals surface area contributed by atoms with Crippen molar-refractivity contribution in [1.82, 2.24) is 5.01 Å². The maximum atomic E-state index is 12.2. The van der Waals surface area contributed by atoms with Crippen LogP contribution < -0.4 is 5.73 Å². The number of hydrazone groups is 1. The van der Waals surface area contributed by atoms with Crippen molar-refractivity contribution < 1.29 is 18.0 Å². The molecule has 2 N–H and O–H groups in total. The number of carbonyl (C=O) groups is 1. The lowest BCUT2D eigenvalue weighted by Crippen LogP contribution is -2.26. The topological polar surface area (TPSA) is 58.5 Å². The van der Waals surface area contributed by atoms with Crippen LogP contribution in [0.15, 0.2) is 29.4 Å². The van der Waals surface area contributed by atoms with E-state index in [1.165, 1.54) is 24.3 Å². The van der Waals surface area contributed by atoms with Crippen LogP contribution in [-0.2, 0) is 0 Å². The van der Waals surface area contributed by atoms with Crippen molar-refractivity contribution in [3.05, 3.63) is 35.4 Å². The van der Waals surface area contributed by atoms with E-state index in [1.54, 1.807) is 0 Å². The molecule has 2 rings (SSSR count). The summed E-state index contributed by atoms with van der Waals surface area (Å²) < 4.78 is 36.6. The molecular formula is C9H6F3N3O. The van der Waals surface area contributed by atoms with E-state index in [0.29, 0.717) is 0 Å². The fourth-order valence-corrected chi connectivity index (χ4v) is 1.31. The molecule has 0 fully saturated rings. The highest BCUT2D eigenvalue weighted by molar-refractivity contribution is 6.13. The standard InChI is InChI=1S/C9H6F3N3O/c10-9(11,12)15-8(14-15)6-4-2-1-3-5(6)7(13)16/h1-4H,(H2,13,16).